The number of hydrogen-bond acceptors (Lipinski definition) is 6. The maximum absolute atomic E-state index is 12.8. The van der Waals surface area contributed by atoms with Crippen LogP contribution in [0.3, 0.4) is 0 Å². The van der Waals surface area contributed by atoms with Gasteiger partial charge in [0.25, 0.3) is 0 Å². The normalized spacial score (nSPS) is 10.9. The maximum Gasteiger partial charge on any atom is 0.340 e. The van der Waals surface area contributed by atoms with E-state index in [0.717, 1.165) is 39.2 Å². The second-order valence-corrected chi connectivity index (χ2v) is 10.1. The fourth-order valence-electron chi connectivity index (χ4n) is 3.12. The summed E-state index contributed by atoms with van der Waals surface area (Å²) >= 11 is 9.67. The molecule has 0 aliphatic heterocycles. The molecule has 0 spiro atoms. The minimum atomic E-state index is -0.431. The summed E-state index contributed by atoms with van der Waals surface area (Å²) in [7, 11) is 2.73. The summed E-state index contributed by atoms with van der Waals surface area (Å²) < 4.78 is 13.5. The Kier molecular flexibility index (Phi) is 6.11. The Morgan fingerprint density at radius 1 is 0.667 bits per heavy atom. The van der Waals surface area contributed by atoms with E-state index >= 15 is 0 Å². The minimum Gasteiger partial charge on any atom is -0.465 e. The van der Waals surface area contributed by atoms with E-state index in [2.05, 4.69) is 31.9 Å². The predicted molar refractivity (Wildman–Crippen MR) is 129 cm³/mol. The van der Waals surface area contributed by atoms with Crippen LogP contribution in [0.1, 0.15) is 20.7 Å². The van der Waals surface area contributed by atoms with Gasteiger partial charge in [0.2, 0.25) is 0 Å². The van der Waals surface area contributed by atoms with Gasteiger partial charge in [0.05, 0.1) is 44.5 Å². The van der Waals surface area contributed by atoms with Crippen LogP contribution >= 0.6 is 54.5 Å². The molecule has 2 heterocycles. The van der Waals surface area contributed by atoms with Crippen molar-refractivity contribution in [3.63, 3.8) is 0 Å². The summed E-state index contributed by atoms with van der Waals surface area (Å²) in [4.78, 5) is 27.0. The topological polar surface area (TPSA) is 52.6 Å². The lowest BCUT2D eigenvalue weighted by Crippen LogP contribution is -2.01. The van der Waals surface area contributed by atoms with Crippen molar-refractivity contribution in [2.24, 2.45) is 0 Å². The number of fused-ring (bicyclic) bond motifs is 1. The third-order valence-corrected chi connectivity index (χ3v) is 8.21. The Balaban J connectivity index is 2.04. The number of hydrogen-bond donors (Lipinski definition) is 0. The highest BCUT2D eigenvalue weighted by Crippen LogP contribution is 2.49. The van der Waals surface area contributed by atoms with Crippen molar-refractivity contribution in [3.05, 3.63) is 68.6 Å². The number of esters is 2. The molecule has 0 radical (unpaired) electrons. The number of benzene rings is 2. The number of rotatable bonds is 4. The van der Waals surface area contributed by atoms with Gasteiger partial charge in [0.1, 0.15) is 0 Å². The molecule has 8 heteroatoms. The largest absolute Gasteiger partial charge is 0.465 e. The zero-order valence-electron chi connectivity index (χ0n) is 15.8. The first-order valence-electron chi connectivity index (χ1n) is 8.72. The average Bonchev–Trinajstić information content (AvgIpc) is 3.30. The quantitative estimate of drug-likeness (QED) is 0.242. The van der Waals surface area contributed by atoms with E-state index in [1.165, 1.54) is 36.9 Å². The number of thiophene rings is 2. The van der Waals surface area contributed by atoms with Crippen LogP contribution in [0, 0.1) is 0 Å². The molecule has 0 fully saturated rings. The highest BCUT2D eigenvalue weighted by Gasteiger charge is 2.29. The molecule has 0 saturated carbocycles. The number of halogens is 2. The minimum absolute atomic E-state index is 0.431. The lowest BCUT2D eigenvalue weighted by atomic mass is 10.1. The van der Waals surface area contributed by atoms with Crippen LogP contribution < -0.4 is 0 Å². The Bertz CT molecular complexity index is 1160. The zero-order chi connectivity index (χ0) is 21.4. The first kappa shape index (κ1) is 21.2. The van der Waals surface area contributed by atoms with Crippen LogP contribution in [0.25, 0.3) is 30.3 Å². The first-order valence-corrected chi connectivity index (χ1v) is 11.9. The van der Waals surface area contributed by atoms with Crippen LogP contribution in [0.15, 0.2) is 57.5 Å². The van der Waals surface area contributed by atoms with Crippen molar-refractivity contribution in [2.45, 2.75) is 0 Å². The Morgan fingerprint density at radius 3 is 1.30 bits per heavy atom. The summed E-state index contributed by atoms with van der Waals surface area (Å²) in [5, 5.41) is 0. The molecule has 0 aliphatic rings. The van der Waals surface area contributed by atoms with E-state index in [1.807, 2.05) is 48.5 Å². The summed E-state index contributed by atoms with van der Waals surface area (Å²) in [6.45, 7) is 0. The van der Waals surface area contributed by atoms with E-state index in [-0.39, 0.29) is 0 Å². The standard InChI is InChI=1S/C22H14Br2O4S2/c1-27-21(25)15-17(11-3-7-13(23)8-4-11)29-20-16(22(26)28-2)18(30-19(15)20)12-5-9-14(24)10-6-12/h3-10H,1-2H3. The van der Waals surface area contributed by atoms with Gasteiger partial charge in [-0.15, -0.1) is 22.7 Å². The van der Waals surface area contributed by atoms with Gasteiger partial charge in [-0.1, -0.05) is 56.1 Å². The van der Waals surface area contributed by atoms with Crippen molar-refractivity contribution in [1.82, 2.24) is 0 Å². The van der Waals surface area contributed by atoms with Crippen LogP contribution in [0.5, 0.6) is 0 Å². The molecule has 4 aromatic rings. The number of ether oxygens (including phenoxy) is 2. The SMILES string of the molecule is COC(=O)c1c(-c2ccc(Br)cc2)sc2c(C(=O)OC)c(-c3ccc(Br)cc3)sc12. The molecule has 0 saturated heterocycles. The molecular weight excluding hydrogens is 552 g/mol. The molecule has 0 aliphatic carbocycles. The number of carbonyl (C=O) groups excluding carboxylic acids is 2. The fourth-order valence-corrected chi connectivity index (χ4v) is 6.48. The highest BCUT2D eigenvalue weighted by molar-refractivity contribution is 9.10. The van der Waals surface area contributed by atoms with Gasteiger partial charge in [-0.25, -0.2) is 9.59 Å². The summed E-state index contributed by atoms with van der Waals surface area (Å²) in [5.41, 5.74) is 2.71. The van der Waals surface area contributed by atoms with Crippen molar-refractivity contribution < 1.29 is 19.1 Å². The number of methoxy groups -OCH3 is 2. The smallest absolute Gasteiger partial charge is 0.340 e. The van der Waals surface area contributed by atoms with E-state index in [1.54, 1.807) is 0 Å². The molecule has 0 amide bonds. The van der Waals surface area contributed by atoms with Gasteiger partial charge in [-0.2, -0.15) is 0 Å². The van der Waals surface area contributed by atoms with Gasteiger partial charge in [-0.05, 0) is 35.4 Å². The van der Waals surface area contributed by atoms with E-state index in [9.17, 15) is 9.59 Å². The van der Waals surface area contributed by atoms with Crippen molar-refractivity contribution in [1.29, 1.82) is 0 Å². The van der Waals surface area contributed by atoms with Crippen molar-refractivity contribution in [3.8, 4) is 20.9 Å². The third kappa shape index (κ3) is 3.73. The fraction of sp³-hybridized carbons (Fsp3) is 0.0909. The molecular formula is C22H14Br2O4S2. The van der Waals surface area contributed by atoms with E-state index in [0.29, 0.717) is 11.1 Å². The highest BCUT2D eigenvalue weighted by atomic mass is 79.9. The summed E-state index contributed by atoms with van der Waals surface area (Å²) in [6, 6.07) is 15.4. The molecule has 2 aromatic heterocycles. The average molecular weight is 566 g/mol. The Hall–Kier alpha value is -2.00. The number of carbonyl (C=O) groups is 2. The van der Waals surface area contributed by atoms with Crippen molar-refractivity contribution in [2.75, 3.05) is 14.2 Å². The van der Waals surface area contributed by atoms with Crippen LogP contribution in [0.4, 0.5) is 0 Å². The monoisotopic (exact) mass is 564 g/mol. The summed E-state index contributed by atoms with van der Waals surface area (Å²) in [5.74, 6) is -0.863. The maximum atomic E-state index is 12.8. The summed E-state index contributed by atoms with van der Waals surface area (Å²) in [6.07, 6.45) is 0. The van der Waals surface area contributed by atoms with Gasteiger partial charge in [0.15, 0.2) is 0 Å². The van der Waals surface area contributed by atoms with Gasteiger partial charge < -0.3 is 9.47 Å². The van der Waals surface area contributed by atoms with E-state index in [4.69, 9.17) is 9.47 Å². The third-order valence-electron chi connectivity index (χ3n) is 4.51. The second-order valence-electron chi connectivity index (χ2n) is 6.27. The molecule has 4 rings (SSSR count). The predicted octanol–water partition coefficient (Wildman–Crippen LogP) is 7.40. The Morgan fingerprint density at radius 2 is 1.00 bits per heavy atom. The van der Waals surface area contributed by atoms with Gasteiger partial charge in [0, 0.05) is 8.95 Å². The van der Waals surface area contributed by atoms with Gasteiger partial charge >= 0.3 is 11.9 Å². The van der Waals surface area contributed by atoms with Crippen molar-refractivity contribution >= 4 is 75.9 Å². The lowest BCUT2D eigenvalue weighted by molar-refractivity contribution is 0.0594. The molecule has 152 valence electrons. The van der Waals surface area contributed by atoms with Crippen LogP contribution in [-0.4, -0.2) is 26.2 Å². The second kappa shape index (κ2) is 8.63. The molecule has 0 atom stereocenters. The molecule has 4 nitrogen and oxygen atoms in total. The Labute approximate surface area is 197 Å². The van der Waals surface area contributed by atoms with Crippen LogP contribution in [0.2, 0.25) is 0 Å². The molecule has 2 aromatic carbocycles. The van der Waals surface area contributed by atoms with E-state index < -0.39 is 11.9 Å². The lowest BCUT2D eigenvalue weighted by Gasteiger charge is -2.05. The molecule has 0 unspecified atom stereocenters. The molecule has 30 heavy (non-hydrogen) atoms. The van der Waals surface area contributed by atoms with Crippen LogP contribution in [-0.2, 0) is 9.47 Å². The molecule has 0 N–H and O–H groups in total. The molecule has 0 bridgehead atoms. The zero-order valence-corrected chi connectivity index (χ0v) is 20.6. The first-order chi connectivity index (χ1) is 14.4. The van der Waals surface area contributed by atoms with Gasteiger partial charge in [-0.3, -0.25) is 0 Å².